The van der Waals surface area contributed by atoms with Crippen LogP contribution in [-0.4, -0.2) is 45.5 Å². The van der Waals surface area contributed by atoms with E-state index in [0.717, 1.165) is 16.7 Å². The van der Waals surface area contributed by atoms with Gasteiger partial charge in [0.2, 0.25) is 5.88 Å². The number of aryl methyl sites for hydroxylation is 1. The maximum atomic E-state index is 13.1. The topological polar surface area (TPSA) is 80.0 Å². The number of hydrogen-bond acceptors (Lipinski definition) is 5. The van der Waals surface area contributed by atoms with Crippen molar-refractivity contribution in [1.29, 1.82) is 0 Å². The second kappa shape index (κ2) is 9.32. The lowest BCUT2D eigenvalue weighted by molar-refractivity contribution is -0.123. The summed E-state index contributed by atoms with van der Waals surface area (Å²) in [6.45, 7) is 13.2. The van der Waals surface area contributed by atoms with Crippen LogP contribution in [0.1, 0.15) is 25.8 Å². The van der Waals surface area contributed by atoms with Gasteiger partial charge in [-0.05, 0) is 68.7 Å². The highest BCUT2D eigenvalue weighted by molar-refractivity contribution is 6.23. The van der Waals surface area contributed by atoms with Crippen molar-refractivity contribution < 1.29 is 14.3 Å². The van der Waals surface area contributed by atoms with E-state index in [9.17, 15) is 9.59 Å². The minimum Gasteiger partial charge on any atom is -0.478 e. The molecule has 8 heteroatoms. The number of imide groups is 1. The zero-order chi connectivity index (χ0) is 24.3. The van der Waals surface area contributed by atoms with Gasteiger partial charge in [-0.15, -0.1) is 0 Å². The van der Waals surface area contributed by atoms with Gasteiger partial charge in [-0.2, -0.15) is 0 Å². The van der Waals surface area contributed by atoms with Gasteiger partial charge in [0.25, 0.3) is 5.91 Å². The molecule has 1 aliphatic heterocycles. The first-order valence-electron chi connectivity index (χ1n) is 11.0. The van der Waals surface area contributed by atoms with Crippen molar-refractivity contribution >= 4 is 23.3 Å². The number of aromatic nitrogens is 2. The second-order valence-electron chi connectivity index (χ2n) is 8.54. The Morgan fingerprint density at radius 3 is 2.47 bits per heavy atom. The lowest BCUT2D eigenvalue weighted by Crippen LogP contribution is -2.44. The third-order valence-electron chi connectivity index (χ3n) is 5.91. The zero-order valence-electron chi connectivity index (χ0n) is 19.4. The number of amides is 3. The van der Waals surface area contributed by atoms with Gasteiger partial charge in [-0.3, -0.25) is 9.78 Å². The number of rotatable bonds is 7. The third kappa shape index (κ3) is 4.33. The van der Waals surface area contributed by atoms with E-state index in [4.69, 9.17) is 11.3 Å². The maximum absolute atomic E-state index is 13.1. The van der Waals surface area contributed by atoms with Crippen molar-refractivity contribution in [2.45, 2.75) is 32.7 Å². The molecular formula is C26H25N5O3. The first-order valence-corrected chi connectivity index (χ1v) is 11.0. The van der Waals surface area contributed by atoms with Gasteiger partial charge in [0.15, 0.2) is 5.69 Å². The SMILES string of the molecule is [C-]#[N+]c1ccc(N2C(=O)N(CCCOc3ccc(-c4ccncc4)cn3)C(C)(C)C2=O)cc1C. The van der Waals surface area contributed by atoms with Crippen LogP contribution in [0.4, 0.5) is 16.2 Å². The number of urea groups is 1. The Hall–Kier alpha value is -4.25. The maximum Gasteiger partial charge on any atom is 0.332 e. The molecule has 0 saturated carbocycles. The van der Waals surface area contributed by atoms with Crippen molar-refractivity contribution in [3.05, 3.63) is 78.0 Å². The highest BCUT2D eigenvalue weighted by Gasteiger charge is 2.51. The molecule has 3 heterocycles. The van der Waals surface area contributed by atoms with Gasteiger partial charge < -0.3 is 9.64 Å². The molecule has 2 aromatic heterocycles. The Morgan fingerprint density at radius 1 is 1.06 bits per heavy atom. The van der Waals surface area contributed by atoms with E-state index >= 15 is 0 Å². The summed E-state index contributed by atoms with van der Waals surface area (Å²) in [6, 6.07) is 12.2. The summed E-state index contributed by atoms with van der Waals surface area (Å²) in [4.78, 5) is 40.8. The molecule has 1 fully saturated rings. The Kier molecular flexibility index (Phi) is 6.28. The molecule has 172 valence electrons. The summed E-state index contributed by atoms with van der Waals surface area (Å²) in [6.07, 6.45) is 5.75. The van der Waals surface area contributed by atoms with E-state index in [2.05, 4.69) is 14.8 Å². The normalized spacial score (nSPS) is 14.9. The minimum absolute atomic E-state index is 0.290. The molecule has 8 nitrogen and oxygen atoms in total. The molecule has 0 spiro atoms. The fourth-order valence-corrected chi connectivity index (χ4v) is 3.92. The van der Waals surface area contributed by atoms with E-state index in [0.29, 0.717) is 36.8 Å². The summed E-state index contributed by atoms with van der Waals surface area (Å²) >= 11 is 0. The van der Waals surface area contributed by atoms with E-state index in [-0.39, 0.29) is 11.9 Å². The van der Waals surface area contributed by atoms with Crippen LogP contribution in [0, 0.1) is 13.5 Å². The number of benzene rings is 1. The van der Waals surface area contributed by atoms with E-state index in [1.807, 2.05) is 18.2 Å². The molecule has 1 aliphatic rings. The summed E-state index contributed by atoms with van der Waals surface area (Å²) in [5.41, 5.74) is 2.71. The predicted molar refractivity (Wildman–Crippen MR) is 129 cm³/mol. The van der Waals surface area contributed by atoms with E-state index < -0.39 is 5.54 Å². The molecule has 0 unspecified atom stereocenters. The first kappa shape index (κ1) is 22.9. The van der Waals surface area contributed by atoms with Crippen LogP contribution in [0.2, 0.25) is 0 Å². The van der Waals surface area contributed by atoms with Crippen LogP contribution in [0.3, 0.4) is 0 Å². The molecule has 1 saturated heterocycles. The third-order valence-corrected chi connectivity index (χ3v) is 5.91. The Morgan fingerprint density at radius 2 is 1.82 bits per heavy atom. The summed E-state index contributed by atoms with van der Waals surface area (Å²) < 4.78 is 5.75. The van der Waals surface area contributed by atoms with Crippen LogP contribution in [-0.2, 0) is 4.79 Å². The Balaban J connectivity index is 1.37. The smallest absolute Gasteiger partial charge is 0.332 e. The molecular weight excluding hydrogens is 430 g/mol. The van der Waals surface area contributed by atoms with Crippen LogP contribution < -0.4 is 9.64 Å². The van der Waals surface area contributed by atoms with Crippen LogP contribution in [0.5, 0.6) is 5.88 Å². The summed E-state index contributed by atoms with van der Waals surface area (Å²) in [5, 5.41) is 0. The summed E-state index contributed by atoms with van der Waals surface area (Å²) in [7, 11) is 0. The van der Waals surface area contributed by atoms with Gasteiger partial charge in [0, 0.05) is 36.8 Å². The molecule has 0 bridgehead atoms. The minimum atomic E-state index is -0.978. The van der Waals surface area contributed by atoms with Crippen molar-refractivity contribution in [3.63, 3.8) is 0 Å². The fraction of sp³-hybridized carbons (Fsp3) is 0.269. The lowest BCUT2D eigenvalue weighted by atomic mass is 10.0. The van der Waals surface area contributed by atoms with E-state index in [1.54, 1.807) is 68.5 Å². The molecule has 3 amide bonds. The highest BCUT2D eigenvalue weighted by Crippen LogP contribution is 2.34. The van der Waals surface area contributed by atoms with Gasteiger partial charge in [0.1, 0.15) is 5.54 Å². The molecule has 3 aromatic rings. The molecule has 0 radical (unpaired) electrons. The number of anilines is 1. The molecule has 4 rings (SSSR count). The van der Waals surface area contributed by atoms with E-state index in [1.165, 1.54) is 4.90 Å². The molecule has 1 aromatic carbocycles. The monoisotopic (exact) mass is 455 g/mol. The average molecular weight is 456 g/mol. The van der Waals surface area contributed by atoms with Crippen molar-refractivity contribution in [3.8, 4) is 17.0 Å². The van der Waals surface area contributed by atoms with Crippen LogP contribution in [0.25, 0.3) is 16.0 Å². The largest absolute Gasteiger partial charge is 0.478 e. The predicted octanol–water partition coefficient (Wildman–Crippen LogP) is 5.02. The molecule has 0 atom stereocenters. The standard InChI is InChI=1S/C26H25N5O3/c1-18-16-21(7-8-22(18)27-4)31-24(32)26(2,3)30(25(31)33)14-5-15-34-23-9-6-20(17-29-23)19-10-12-28-13-11-19/h6-13,16-17H,5,14-15H2,1-3H3. The van der Waals surface area contributed by atoms with Crippen molar-refractivity contribution in [1.82, 2.24) is 14.9 Å². The quantitative estimate of drug-likeness (QED) is 0.284. The Bertz CT molecular complexity index is 1250. The highest BCUT2D eigenvalue weighted by atomic mass is 16.5. The van der Waals surface area contributed by atoms with Crippen LogP contribution >= 0.6 is 0 Å². The first-order chi connectivity index (χ1) is 16.3. The molecule has 0 N–H and O–H groups in total. The van der Waals surface area contributed by atoms with Gasteiger partial charge in [0.05, 0.1) is 18.9 Å². The van der Waals surface area contributed by atoms with Gasteiger partial charge in [-0.25, -0.2) is 19.5 Å². The number of ether oxygens (including phenoxy) is 1. The average Bonchev–Trinajstić information content (AvgIpc) is 3.01. The fourth-order valence-electron chi connectivity index (χ4n) is 3.92. The summed E-state index contributed by atoms with van der Waals surface area (Å²) in [5.74, 6) is 0.208. The van der Waals surface area contributed by atoms with Gasteiger partial charge >= 0.3 is 6.03 Å². The van der Waals surface area contributed by atoms with Crippen LogP contribution in [0.15, 0.2) is 61.1 Å². The zero-order valence-corrected chi connectivity index (χ0v) is 19.4. The number of hydrogen-bond donors (Lipinski definition) is 0. The van der Waals surface area contributed by atoms with Crippen molar-refractivity contribution in [2.24, 2.45) is 0 Å². The number of carbonyl (C=O) groups is 2. The van der Waals surface area contributed by atoms with Crippen molar-refractivity contribution in [2.75, 3.05) is 18.1 Å². The number of pyridine rings is 2. The molecule has 0 aliphatic carbocycles. The number of carbonyl (C=O) groups excluding carboxylic acids is 2. The van der Waals surface area contributed by atoms with Gasteiger partial charge in [-0.1, -0.05) is 6.07 Å². The second-order valence-corrected chi connectivity index (χ2v) is 8.54. The lowest BCUT2D eigenvalue weighted by Gasteiger charge is -2.27. The Labute approximate surface area is 198 Å². The molecule has 34 heavy (non-hydrogen) atoms. The number of nitrogens with zero attached hydrogens (tertiary/aromatic N) is 5.